The molecule has 1 aliphatic rings. The second-order valence-corrected chi connectivity index (χ2v) is 6.60. The number of aliphatic hydroxyl groups is 3. The molecule has 8 heteroatoms. The monoisotopic (exact) mass is 358 g/mol. The van der Waals surface area contributed by atoms with Gasteiger partial charge in [0.05, 0.1) is 0 Å². The fourth-order valence-electron chi connectivity index (χ4n) is 2.56. The van der Waals surface area contributed by atoms with E-state index in [2.05, 4.69) is 10.6 Å². The quantitative estimate of drug-likeness (QED) is 0.357. The first-order valence-corrected chi connectivity index (χ1v) is 8.61. The predicted molar refractivity (Wildman–Crippen MR) is 91.6 cm³/mol. The summed E-state index contributed by atoms with van der Waals surface area (Å²) in [6.45, 7) is 4.36. The Balaban J connectivity index is 2.71. The van der Waals surface area contributed by atoms with E-state index < -0.39 is 36.4 Å². The lowest BCUT2D eigenvalue weighted by Gasteiger charge is -2.28. The minimum atomic E-state index is -1.65. The molecule has 0 radical (unpaired) electrons. The van der Waals surface area contributed by atoms with E-state index in [1.807, 2.05) is 13.8 Å². The number of rotatable bonds is 8. The van der Waals surface area contributed by atoms with E-state index in [0.29, 0.717) is 13.0 Å². The van der Waals surface area contributed by atoms with Crippen LogP contribution in [-0.2, 0) is 14.3 Å². The third-order valence-electron chi connectivity index (χ3n) is 4.07. The molecule has 8 nitrogen and oxygen atoms in total. The van der Waals surface area contributed by atoms with Crippen molar-refractivity contribution in [2.24, 2.45) is 5.92 Å². The number of ether oxygens (including phenoxy) is 1. The minimum absolute atomic E-state index is 0.161. The molecule has 5 N–H and O–H groups in total. The lowest BCUT2D eigenvalue weighted by atomic mass is 10.0. The van der Waals surface area contributed by atoms with Gasteiger partial charge in [-0.05, 0) is 25.2 Å². The van der Waals surface area contributed by atoms with Crippen molar-refractivity contribution in [3.8, 4) is 0 Å². The molecule has 0 spiro atoms. The summed E-state index contributed by atoms with van der Waals surface area (Å²) in [5.41, 5.74) is 0. The first kappa shape index (κ1) is 21.6. The summed E-state index contributed by atoms with van der Waals surface area (Å²) in [5.74, 6) is -0.832. The zero-order valence-corrected chi connectivity index (χ0v) is 15.0. The van der Waals surface area contributed by atoms with Gasteiger partial charge in [0.1, 0.15) is 24.4 Å². The third-order valence-corrected chi connectivity index (χ3v) is 4.07. The Morgan fingerprint density at radius 1 is 1.24 bits per heavy atom. The van der Waals surface area contributed by atoms with Crippen LogP contribution in [0.3, 0.4) is 0 Å². The highest BCUT2D eigenvalue weighted by molar-refractivity contribution is 5.89. The van der Waals surface area contributed by atoms with Crippen molar-refractivity contribution in [3.63, 3.8) is 0 Å². The molecular weight excluding hydrogens is 328 g/mol. The number of carbonyl (C=O) groups excluding carboxylic acids is 2. The van der Waals surface area contributed by atoms with Crippen molar-refractivity contribution in [2.75, 3.05) is 13.7 Å². The van der Waals surface area contributed by atoms with Crippen LogP contribution in [0.25, 0.3) is 0 Å². The molecule has 1 rings (SSSR count). The number of methoxy groups -OCH3 is 1. The lowest BCUT2D eigenvalue weighted by molar-refractivity contribution is -0.150. The van der Waals surface area contributed by atoms with Crippen LogP contribution in [0.15, 0.2) is 12.2 Å². The molecule has 0 aromatic carbocycles. The van der Waals surface area contributed by atoms with E-state index in [9.17, 15) is 24.9 Å². The predicted octanol–water partition coefficient (Wildman–Crippen LogP) is -0.919. The van der Waals surface area contributed by atoms with E-state index in [0.717, 1.165) is 12.8 Å². The fraction of sp³-hybridized carbons (Fsp3) is 0.765. The Labute approximate surface area is 148 Å². The fourth-order valence-corrected chi connectivity index (χ4v) is 2.56. The van der Waals surface area contributed by atoms with Gasteiger partial charge in [-0.3, -0.25) is 9.59 Å². The van der Waals surface area contributed by atoms with Crippen molar-refractivity contribution < 1.29 is 29.6 Å². The van der Waals surface area contributed by atoms with Crippen LogP contribution in [0.5, 0.6) is 0 Å². The highest BCUT2D eigenvalue weighted by Gasteiger charge is 2.36. The van der Waals surface area contributed by atoms with E-state index in [4.69, 9.17) is 4.74 Å². The molecule has 0 aromatic rings. The maximum Gasteiger partial charge on any atom is 0.252 e. The van der Waals surface area contributed by atoms with Crippen molar-refractivity contribution in [1.82, 2.24) is 10.6 Å². The molecule has 1 aliphatic heterocycles. The van der Waals surface area contributed by atoms with E-state index >= 15 is 0 Å². The molecule has 5 atom stereocenters. The maximum atomic E-state index is 12.3. The second-order valence-electron chi connectivity index (χ2n) is 6.60. The zero-order valence-electron chi connectivity index (χ0n) is 15.0. The normalized spacial score (nSPS) is 23.6. The molecule has 1 fully saturated rings. The van der Waals surface area contributed by atoms with Crippen molar-refractivity contribution in [2.45, 2.75) is 63.6 Å². The topological polar surface area (TPSA) is 128 Å². The van der Waals surface area contributed by atoms with Crippen LogP contribution in [0, 0.1) is 5.92 Å². The Morgan fingerprint density at radius 3 is 2.52 bits per heavy atom. The first-order valence-electron chi connectivity index (χ1n) is 8.61. The molecule has 2 amide bonds. The van der Waals surface area contributed by atoms with Crippen LogP contribution >= 0.6 is 0 Å². The van der Waals surface area contributed by atoms with Gasteiger partial charge in [-0.15, -0.1) is 0 Å². The number of aliphatic hydroxyl groups excluding tert-OH is 3. The number of nitrogens with one attached hydrogen (secondary N) is 2. The Bertz CT molecular complexity index is 468. The van der Waals surface area contributed by atoms with Crippen LogP contribution < -0.4 is 10.6 Å². The third kappa shape index (κ3) is 6.74. The van der Waals surface area contributed by atoms with Gasteiger partial charge in [0.15, 0.2) is 6.10 Å². The van der Waals surface area contributed by atoms with Crippen molar-refractivity contribution in [3.05, 3.63) is 12.2 Å². The van der Waals surface area contributed by atoms with Gasteiger partial charge >= 0.3 is 0 Å². The van der Waals surface area contributed by atoms with Crippen LogP contribution in [0.4, 0.5) is 0 Å². The molecule has 1 heterocycles. The van der Waals surface area contributed by atoms with E-state index in [-0.39, 0.29) is 11.8 Å². The minimum Gasteiger partial charge on any atom is -0.387 e. The Kier molecular flexibility index (Phi) is 9.05. The standard InChI is InChI=1S/C17H30N2O6/c1-10(2)7-8-12(20)13(21)14(22)15(25-3)17(24)19-11-6-4-5-9-18-16(11)23/h7-8,10-15,20-22H,4-6,9H2,1-3H3,(H,18,23)(H,19,24)/b8-7+. The lowest BCUT2D eigenvalue weighted by Crippen LogP contribution is -2.55. The summed E-state index contributed by atoms with van der Waals surface area (Å²) in [6.07, 6.45) is -0.851. The number of hydrogen-bond acceptors (Lipinski definition) is 6. The molecule has 25 heavy (non-hydrogen) atoms. The SMILES string of the molecule is COC(C(=O)NC1CCCCNC1=O)C(O)C(O)C(O)/C=C/C(C)C. The van der Waals surface area contributed by atoms with Crippen molar-refractivity contribution >= 4 is 11.8 Å². The summed E-state index contributed by atoms with van der Waals surface area (Å²) in [5, 5.41) is 35.4. The Morgan fingerprint density at radius 2 is 1.92 bits per heavy atom. The number of carbonyl (C=O) groups is 2. The number of hydrogen-bond donors (Lipinski definition) is 5. The summed E-state index contributed by atoms with van der Waals surface area (Å²) < 4.78 is 4.99. The van der Waals surface area contributed by atoms with E-state index in [1.54, 1.807) is 6.08 Å². The smallest absolute Gasteiger partial charge is 0.252 e. The summed E-state index contributed by atoms with van der Waals surface area (Å²) in [7, 11) is 1.21. The molecule has 0 aliphatic carbocycles. The maximum absolute atomic E-state index is 12.3. The highest BCUT2D eigenvalue weighted by atomic mass is 16.5. The van der Waals surface area contributed by atoms with Gasteiger partial charge in [-0.25, -0.2) is 0 Å². The largest absolute Gasteiger partial charge is 0.387 e. The van der Waals surface area contributed by atoms with Gasteiger partial charge in [-0.1, -0.05) is 26.0 Å². The molecule has 0 saturated carbocycles. The number of allylic oxidation sites excluding steroid dienone is 1. The molecular formula is C17H30N2O6. The number of amides is 2. The first-order chi connectivity index (χ1) is 11.8. The van der Waals surface area contributed by atoms with Gasteiger partial charge < -0.3 is 30.7 Å². The average Bonchev–Trinajstić information content (AvgIpc) is 2.77. The average molecular weight is 358 g/mol. The summed E-state index contributed by atoms with van der Waals surface area (Å²) in [4.78, 5) is 24.2. The van der Waals surface area contributed by atoms with E-state index in [1.165, 1.54) is 13.2 Å². The highest BCUT2D eigenvalue weighted by Crippen LogP contribution is 2.12. The molecule has 144 valence electrons. The van der Waals surface area contributed by atoms with Gasteiger partial charge in [-0.2, -0.15) is 0 Å². The van der Waals surface area contributed by atoms with Gasteiger partial charge in [0.2, 0.25) is 5.91 Å². The van der Waals surface area contributed by atoms with Crippen LogP contribution in [0.2, 0.25) is 0 Å². The summed E-state index contributed by atoms with van der Waals surface area (Å²) in [6, 6.07) is -0.706. The van der Waals surface area contributed by atoms with Gasteiger partial charge in [0.25, 0.3) is 5.91 Å². The molecule has 1 saturated heterocycles. The molecule has 5 unspecified atom stereocenters. The van der Waals surface area contributed by atoms with Gasteiger partial charge in [0, 0.05) is 13.7 Å². The molecule has 0 aromatic heterocycles. The zero-order chi connectivity index (χ0) is 19.0. The summed E-state index contributed by atoms with van der Waals surface area (Å²) >= 11 is 0. The van der Waals surface area contributed by atoms with Crippen LogP contribution in [0.1, 0.15) is 33.1 Å². The Hall–Kier alpha value is -1.48. The second kappa shape index (κ2) is 10.5. The van der Waals surface area contributed by atoms with Crippen LogP contribution in [-0.4, -0.2) is 71.2 Å². The molecule has 0 bridgehead atoms. The van der Waals surface area contributed by atoms with Crippen molar-refractivity contribution in [1.29, 1.82) is 0 Å².